The van der Waals surface area contributed by atoms with Crippen molar-refractivity contribution in [2.75, 3.05) is 11.0 Å². The van der Waals surface area contributed by atoms with E-state index in [1.54, 1.807) is 0 Å². The molecule has 0 aliphatic rings. The van der Waals surface area contributed by atoms with Gasteiger partial charge in [0.1, 0.15) is 0 Å². The Labute approximate surface area is 48.1 Å². The zero-order chi connectivity index (χ0) is 4.12. The van der Waals surface area contributed by atoms with Gasteiger partial charge >= 0.3 is 47.8 Å². The second kappa shape index (κ2) is 5.00. The average Bonchev–Trinajstić information content (AvgIpc) is 1.41. The van der Waals surface area contributed by atoms with Crippen LogP contribution in [0.5, 0.6) is 0 Å². The molecule has 0 bridgehead atoms. The van der Waals surface area contributed by atoms with Crippen molar-refractivity contribution in [2.45, 2.75) is 0 Å². The van der Waals surface area contributed by atoms with Crippen molar-refractivity contribution >= 4 is 32.0 Å². The van der Waals surface area contributed by atoms with Crippen LogP contribution in [0.1, 0.15) is 0 Å². The fourth-order valence-electron chi connectivity index (χ4n) is 0.0340. The topological polar surface area (TPSA) is 9.23 Å². The predicted octanol–water partition coefficient (Wildman–Crippen LogP) is -0.745. The summed E-state index contributed by atoms with van der Waals surface area (Å²) in [5, 5.41) is 0. The Balaban J connectivity index is 2.19. The van der Waals surface area contributed by atoms with E-state index >= 15 is 0 Å². The maximum absolute atomic E-state index is 4.72. The molecule has 0 rings (SSSR count). The molecule has 0 saturated heterocycles. The Morgan fingerprint density at radius 1 is 1.20 bits per heavy atom. The monoisotopic (exact) mass is 204 g/mol. The van der Waals surface area contributed by atoms with E-state index in [9.17, 15) is 0 Å². The molecule has 0 N–H and O–H groups in total. The van der Waals surface area contributed by atoms with Gasteiger partial charge in [-0.2, -0.15) is 0 Å². The van der Waals surface area contributed by atoms with Crippen LogP contribution < -0.4 is 0 Å². The molecule has 5 heavy (non-hydrogen) atoms. The molecule has 0 aromatic heterocycles. The van der Waals surface area contributed by atoms with Crippen molar-refractivity contribution in [3.05, 3.63) is 0 Å². The molecular formula is C2H4OSe2-2. The van der Waals surface area contributed by atoms with E-state index in [-0.39, 0.29) is 0 Å². The molecule has 0 aromatic rings. The summed E-state index contributed by atoms with van der Waals surface area (Å²) >= 11 is 5.40. The van der Waals surface area contributed by atoms with Crippen molar-refractivity contribution in [3.63, 3.8) is 0 Å². The molecule has 0 aromatic carbocycles. The first-order valence-electron chi connectivity index (χ1n) is 1.15. The van der Waals surface area contributed by atoms with Gasteiger partial charge in [-0.3, -0.25) is 0 Å². The SMILES string of the molecule is [Se-]COC[Se-]. The fourth-order valence-corrected chi connectivity index (χ4v) is 0.919. The average molecular weight is 202 g/mol. The second-order valence-corrected chi connectivity index (χ2v) is 1.43. The zero-order valence-corrected chi connectivity index (χ0v) is 6.07. The molecule has 0 heterocycles. The Morgan fingerprint density at radius 2 is 1.60 bits per heavy atom. The van der Waals surface area contributed by atoms with Gasteiger partial charge in [-0.25, -0.2) is 0 Å². The van der Waals surface area contributed by atoms with Crippen LogP contribution in [-0.4, -0.2) is 43.0 Å². The van der Waals surface area contributed by atoms with Crippen LogP contribution in [0.3, 0.4) is 0 Å². The summed E-state index contributed by atoms with van der Waals surface area (Å²) in [4.78, 5) is 0. The summed E-state index contributed by atoms with van der Waals surface area (Å²) < 4.78 is 4.72. The third-order valence-corrected chi connectivity index (χ3v) is 0.866. The molecule has 0 spiro atoms. The zero-order valence-electron chi connectivity index (χ0n) is 2.64. The number of hydrogen-bond acceptors (Lipinski definition) is 1. The van der Waals surface area contributed by atoms with E-state index in [1.807, 2.05) is 0 Å². The van der Waals surface area contributed by atoms with E-state index in [2.05, 4.69) is 32.0 Å². The van der Waals surface area contributed by atoms with Crippen molar-refractivity contribution in [2.24, 2.45) is 0 Å². The Hall–Kier alpha value is 0.999. The molecule has 32 valence electrons. The van der Waals surface area contributed by atoms with Gasteiger partial charge in [-0.05, 0) is 0 Å². The third kappa shape index (κ3) is 5.00. The molecule has 0 saturated carbocycles. The molecule has 0 atom stereocenters. The van der Waals surface area contributed by atoms with Crippen LogP contribution in [0.15, 0.2) is 0 Å². The molecule has 0 amide bonds. The van der Waals surface area contributed by atoms with Crippen LogP contribution in [0.4, 0.5) is 0 Å². The van der Waals surface area contributed by atoms with Gasteiger partial charge in [0.15, 0.2) is 0 Å². The minimum absolute atomic E-state index is 0.688. The molecule has 0 radical (unpaired) electrons. The van der Waals surface area contributed by atoms with E-state index in [0.717, 1.165) is 0 Å². The molecule has 3 heteroatoms. The number of ether oxygens (including phenoxy) is 1. The van der Waals surface area contributed by atoms with Crippen LogP contribution >= 0.6 is 0 Å². The van der Waals surface area contributed by atoms with Gasteiger partial charge < -0.3 is 0 Å². The van der Waals surface area contributed by atoms with Crippen molar-refractivity contribution in [1.29, 1.82) is 0 Å². The third-order valence-electron chi connectivity index (χ3n) is 0.167. The fraction of sp³-hybridized carbons (Fsp3) is 1.00. The first-order chi connectivity index (χ1) is 2.41. The van der Waals surface area contributed by atoms with E-state index in [1.165, 1.54) is 0 Å². The molecule has 0 unspecified atom stereocenters. The number of hydrogen-bond donors (Lipinski definition) is 0. The van der Waals surface area contributed by atoms with Gasteiger partial charge in [0.05, 0.1) is 0 Å². The van der Waals surface area contributed by atoms with E-state index in [0.29, 0.717) is 11.0 Å². The summed E-state index contributed by atoms with van der Waals surface area (Å²) in [7, 11) is 0. The van der Waals surface area contributed by atoms with Crippen LogP contribution in [-0.2, 0) is 4.74 Å². The van der Waals surface area contributed by atoms with Gasteiger partial charge in [-0.1, -0.05) is 0 Å². The molecular weight excluding hydrogens is 198 g/mol. The van der Waals surface area contributed by atoms with Crippen LogP contribution in [0, 0.1) is 0 Å². The molecule has 0 aliphatic carbocycles. The van der Waals surface area contributed by atoms with Crippen molar-refractivity contribution in [3.8, 4) is 0 Å². The minimum atomic E-state index is 0.688. The van der Waals surface area contributed by atoms with Gasteiger partial charge in [-0.15, -0.1) is 0 Å². The standard InChI is InChI=1S/C2H6OSe2/c4-1-3-2-5/h4-5H,1-2H2/p-2. The Morgan fingerprint density at radius 3 is 1.60 bits per heavy atom. The molecule has 1 nitrogen and oxygen atoms in total. The van der Waals surface area contributed by atoms with Gasteiger partial charge in [0, 0.05) is 0 Å². The van der Waals surface area contributed by atoms with Crippen molar-refractivity contribution < 1.29 is 4.74 Å². The Bertz CT molecular complexity index is 15.1. The summed E-state index contributed by atoms with van der Waals surface area (Å²) in [6.45, 7) is 0. The second-order valence-electron chi connectivity index (χ2n) is 0.440. The quantitative estimate of drug-likeness (QED) is 0.535. The summed E-state index contributed by atoms with van der Waals surface area (Å²) in [5.74, 6) is 0. The van der Waals surface area contributed by atoms with Crippen LogP contribution in [0.25, 0.3) is 0 Å². The van der Waals surface area contributed by atoms with E-state index < -0.39 is 0 Å². The molecule has 0 aliphatic heterocycles. The summed E-state index contributed by atoms with van der Waals surface area (Å²) in [6, 6.07) is 0. The summed E-state index contributed by atoms with van der Waals surface area (Å²) in [6.07, 6.45) is 0. The first kappa shape index (κ1) is 6.00. The molecule has 0 fully saturated rings. The first-order valence-corrected chi connectivity index (χ1v) is 3.58. The van der Waals surface area contributed by atoms with E-state index in [4.69, 9.17) is 4.74 Å². The maximum atomic E-state index is 4.72. The normalized spacial score (nSPS) is 8.40. The summed E-state index contributed by atoms with van der Waals surface area (Å²) in [5.41, 5.74) is 1.38. The van der Waals surface area contributed by atoms with Crippen LogP contribution in [0.2, 0.25) is 0 Å². The van der Waals surface area contributed by atoms with Gasteiger partial charge in [0.25, 0.3) is 0 Å². The Kier molecular flexibility index (Phi) is 6.00. The van der Waals surface area contributed by atoms with Crippen molar-refractivity contribution in [1.82, 2.24) is 0 Å². The predicted molar refractivity (Wildman–Crippen MR) is 22.3 cm³/mol. The number of rotatable bonds is 2. The van der Waals surface area contributed by atoms with Gasteiger partial charge in [0.2, 0.25) is 0 Å².